The van der Waals surface area contributed by atoms with Gasteiger partial charge in [0.25, 0.3) is 11.8 Å². The molecule has 2 amide bonds. The van der Waals surface area contributed by atoms with Crippen molar-refractivity contribution in [3.05, 3.63) is 83.9 Å². The first kappa shape index (κ1) is 27.3. The molecule has 202 valence electrons. The van der Waals surface area contributed by atoms with Gasteiger partial charge in [-0.3, -0.25) is 14.7 Å². The van der Waals surface area contributed by atoms with E-state index in [0.717, 1.165) is 18.4 Å². The van der Waals surface area contributed by atoms with Crippen molar-refractivity contribution in [1.82, 2.24) is 25.8 Å². The largest absolute Gasteiger partial charge is 0.459 e. The predicted octanol–water partition coefficient (Wildman–Crippen LogP) is 4.51. The van der Waals surface area contributed by atoms with Crippen LogP contribution in [-0.2, 0) is 16.1 Å². The van der Waals surface area contributed by atoms with E-state index in [4.69, 9.17) is 9.15 Å². The van der Waals surface area contributed by atoms with Gasteiger partial charge in [-0.15, -0.1) is 0 Å². The summed E-state index contributed by atoms with van der Waals surface area (Å²) >= 11 is 0. The Morgan fingerprint density at radius 1 is 0.949 bits per heavy atom. The number of aromatic amines is 1. The van der Waals surface area contributed by atoms with E-state index in [0.29, 0.717) is 22.7 Å². The first-order chi connectivity index (χ1) is 18.9. The fraction of sp³-hybridized carbons (Fsp3) is 0.276. The molecule has 2 aromatic heterocycles. The summed E-state index contributed by atoms with van der Waals surface area (Å²) in [5, 5.41) is 12.5. The summed E-state index contributed by atoms with van der Waals surface area (Å²) < 4.78 is 11.0. The summed E-state index contributed by atoms with van der Waals surface area (Å²) in [5.41, 5.74) is 2.92. The Labute approximate surface area is 226 Å². The molecule has 4 aromatic rings. The highest BCUT2D eigenvalue weighted by molar-refractivity contribution is 5.96. The standard InChI is InChI=1S/C29H31N5O5/c1-4-22(5-2)32-27(36)25-16-30-28(39-25)21-13-9-12-20(14-21)23-15-24(34-33-23)26(35)31-18(3)29(37)38-17-19-10-7-6-8-11-19/h6-16,18,22H,4-5,17H2,1-3H3,(H,31,35)(H,32,36)(H,33,34)/t18-/m0/s1. The minimum Gasteiger partial charge on any atom is -0.459 e. The lowest BCUT2D eigenvalue weighted by atomic mass is 10.1. The normalized spacial score (nSPS) is 11.7. The second-order valence-electron chi connectivity index (χ2n) is 9.05. The van der Waals surface area contributed by atoms with Crippen molar-refractivity contribution in [3.8, 4) is 22.7 Å². The molecule has 0 aliphatic heterocycles. The van der Waals surface area contributed by atoms with Crippen molar-refractivity contribution >= 4 is 17.8 Å². The third kappa shape index (κ3) is 6.98. The molecule has 4 rings (SSSR count). The highest BCUT2D eigenvalue weighted by Crippen LogP contribution is 2.26. The van der Waals surface area contributed by atoms with Gasteiger partial charge in [-0.05, 0) is 43.5 Å². The average molecular weight is 530 g/mol. The molecular weight excluding hydrogens is 498 g/mol. The quantitative estimate of drug-likeness (QED) is 0.243. The molecule has 1 atom stereocenters. The van der Waals surface area contributed by atoms with Crippen molar-refractivity contribution in [2.24, 2.45) is 0 Å². The Bertz CT molecular complexity index is 1420. The summed E-state index contributed by atoms with van der Waals surface area (Å²) in [5.74, 6) is -0.909. The predicted molar refractivity (Wildman–Crippen MR) is 145 cm³/mol. The fourth-order valence-electron chi connectivity index (χ4n) is 3.85. The molecule has 0 unspecified atom stereocenters. The summed E-state index contributed by atoms with van der Waals surface area (Å²) in [6.45, 7) is 5.70. The molecule has 0 saturated heterocycles. The lowest BCUT2D eigenvalue weighted by Gasteiger charge is -2.12. The Morgan fingerprint density at radius 3 is 2.44 bits per heavy atom. The van der Waals surface area contributed by atoms with Gasteiger partial charge in [0.05, 0.1) is 11.9 Å². The minimum absolute atomic E-state index is 0.0726. The molecule has 2 heterocycles. The smallest absolute Gasteiger partial charge is 0.328 e. The maximum Gasteiger partial charge on any atom is 0.328 e. The lowest BCUT2D eigenvalue weighted by Crippen LogP contribution is -2.39. The van der Waals surface area contributed by atoms with Crippen LogP contribution in [0.25, 0.3) is 22.7 Å². The Hall–Kier alpha value is -4.73. The van der Waals surface area contributed by atoms with E-state index >= 15 is 0 Å². The van der Waals surface area contributed by atoms with E-state index in [2.05, 4.69) is 25.8 Å². The van der Waals surface area contributed by atoms with Crippen LogP contribution in [0.3, 0.4) is 0 Å². The first-order valence-electron chi connectivity index (χ1n) is 12.8. The number of ether oxygens (including phenoxy) is 1. The number of hydrogen-bond donors (Lipinski definition) is 3. The third-order valence-electron chi connectivity index (χ3n) is 6.20. The van der Waals surface area contributed by atoms with Crippen LogP contribution in [-0.4, -0.2) is 45.0 Å². The number of oxazole rings is 1. The number of aromatic nitrogens is 3. The third-order valence-corrected chi connectivity index (χ3v) is 6.20. The molecule has 39 heavy (non-hydrogen) atoms. The molecule has 10 nitrogen and oxygen atoms in total. The Kier molecular flexibility index (Phi) is 8.88. The van der Waals surface area contributed by atoms with E-state index in [1.54, 1.807) is 31.2 Å². The highest BCUT2D eigenvalue weighted by Gasteiger charge is 2.20. The van der Waals surface area contributed by atoms with Crippen molar-refractivity contribution in [3.63, 3.8) is 0 Å². The monoisotopic (exact) mass is 529 g/mol. The molecule has 2 aromatic carbocycles. The molecule has 0 fully saturated rings. The van der Waals surface area contributed by atoms with Crippen molar-refractivity contribution < 1.29 is 23.5 Å². The van der Waals surface area contributed by atoms with Crippen LogP contribution in [0, 0.1) is 0 Å². The molecule has 0 saturated carbocycles. The number of esters is 1. The fourth-order valence-corrected chi connectivity index (χ4v) is 3.85. The van der Waals surface area contributed by atoms with Crippen LogP contribution in [0.15, 0.2) is 71.3 Å². The van der Waals surface area contributed by atoms with Crippen molar-refractivity contribution in [1.29, 1.82) is 0 Å². The van der Waals surface area contributed by atoms with E-state index in [9.17, 15) is 14.4 Å². The summed E-state index contributed by atoms with van der Waals surface area (Å²) in [6.07, 6.45) is 3.06. The summed E-state index contributed by atoms with van der Waals surface area (Å²) in [6, 6.07) is 17.3. The number of rotatable bonds is 11. The molecular formula is C29H31N5O5. The van der Waals surface area contributed by atoms with Crippen LogP contribution in [0.5, 0.6) is 0 Å². The van der Waals surface area contributed by atoms with Gasteiger partial charge < -0.3 is 19.8 Å². The average Bonchev–Trinajstić information content (AvgIpc) is 3.66. The zero-order valence-corrected chi connectivity index (χ0v) is 22.1. The molecule has 10 heteroatoms. The number of carbonyl (C=O) groups excluding carboxylic acids is 3. The molecule has 0 aliphatic carbocycles. The van der Waals surface area contributed by atoms with Gasteiger partial charge in [0, 0.05) is 17.2 Å². The number of amides is 2. The van der Waals surface area contributed by atoms with Crippen molar-refractivity contribution in [2.45, 2.75) is 52.3 Å². The Balaban J connectivity index is 1.38. The second-order valence-corrected chi connectivity index (χ2v) is 9.05. The molecule has 3 N–H and O–H groups in total. The molecule has 0 spiro atoms. The van der Waals surface area contributed by atoms with Crippen LogP contribution in [0.2, 0.25) is 0 Å². The highest BCUT2D eigenvalue weighted by atomic mass is 16.5. The number of H-pyrrole nitrogens is 1. The van der Waals surface area contributed by atoms with Crippen LogP contribution in [0.1, 0.15) is 60.2 Å². The maximum atomic E-state index is 12.7. The lowest BCUT2D eigenvalue weighted by molar-refractivity contribution is -0.146. The van der Waals surface area contributed by atoms with E-state index < -0.39 is 17.9 Å². The van der Waals surface area contributed by atoms with Gasteiger partial charge in [0.15, 0.2) is 0 Å². The van der Waals surface area contributed by atoms with Gasteiger partial charge in [0.1, 0.15) is 18.3 Å². The molecule has 0 radical (unpaired) electrons. The van der Waals surface area contributed by atoms with Crippen LogP contribution < -0.4 is 10.6 Å². The second kappa shape index (κ2) is 12.7. The SMILES string of the molecule is CCC(CC)NC(=O)c1cnc(-c2cccc(-c3cc(C(=O)N[C@@H](C)C(=O)OCc4ccccc4)[nH]n3)c2)o1. The van der Waals surface area contributed by atoms with Gasteiger partial charge in [-0.2, -0.15) is 5.10 Å². The molecule has 0 aliphatic rings. The van der Waals surface area contributed by atoms with Gasteiger partial charge >= 0.3 is 5.97 Å². The van der Waals surface area contributed by atoms with E-state index in [-0.39, 0.29) is 30.0 Å². The zero-order chi connectivity index (χ0) is 27.8. The number of carbonyl (C=O) groups is 3. The number of benzene rings is 2. The summed E-state index contributed by atoms with van der Waals surface area (Å²) in [7, 11) is 0. The maximum absolute atomic E-state index is 12.7. The number of nitrogens with zero attached hydrogens (tertiary/aromatic N) is 2. The first-order valence-corrected chi connectivity index (χ1v) is 12.8. The van der Waals surface area contributed by atoms with Crippen LogP contribution in [0.4, 0.5) is 0 Å². The Morgan fingerprint density at radius 2 is 1.69 bits per heavy atom. The molecule has 0 bridgehead atoms. The summed E-state index contributed by atoms with van der Waals surface area (Å²) in [4.78, 5) is 41.7. The van der Waals surface area contributed by atoms with Crippen molar-refractivity contribution in [2.75, 3.05) is 0 Å². The number of hydrogen-bond acceptors (Lipinski definition) is 7. The van der Waals surface area contributed by atoms with E-state index in [1.165, 1.54) is 6.20 Å². The topological polar surface area (TPSA) is 139 Å². The van der Waals surface area contributed by atoms with Gasteiger partial charge in [-0.25, -0.2) is 9.78 Å². The van der Waals surface area contributed by atoms with E-state index in [1.807, 2.05) is 50.2 Å². The zero-order valence-electron chi connectivity index (χ0n) is 22.1. The van der Waals surface area contributed by atoms with Gasteiger partial charge in [0.2, 0.25) is 11.7 Å². The van der Waals surface area contributed by atoms with Crippen LogP contribution >= 0.6 is 0 Å². The minimum atomic E-state index is -0.849. The number of nitrogens with one attached hydrogen (secondary N) is 3. The van der Waals surface area contributed by atoms with Gasteiger partial charge in [-0.1, -0.05) is 56.3 Å².